The summed E-state index contributed by atoms with van der Waals surface area (Å²) in [5, 5.41) is 11.3. The molecule has 0 bridgehead atoms. The average Bonchev–Trinajstić information content (AvgIpc) is 2.72. The van der Waals surface area contributed by atoms with E-state index in [0.717, 1.165) is 5.56 Å². The molecule has 1 unspecified atom stereocenters. The summed E-state index contributed by atoms with van der Waals surface area (Å²) in [5.41, 5.74) is 8.59. The molecule has 3 aromatic rings. The Morgan fingerprint density at radius 2 is 1.89 bits per heavy atom. The van der Waals surface area contributed by atoms with E-state index in [9.17, 15) is 14.9 Å². The molecule has 0 radical (unpaired) electrons. The van der Waals surface area contributed by atoms with E-state index in [1.165, 1.54) is 25.4 Å². The average molecular weight is 363 g/mol. The van der Waals surface area contributed by atoms with Crippen LogP contribution >= 0.6 is 0 Å². The fraction of sp³-hybridized carbons (Fsp3) is 0.100. The van der Waals surface area contributed by atoms with Gasteiger partial charge in [0.1, 0.15) is 5.69 Å². The molecule has 2 N–H and O–H groups in total. The normalized spacial score (nSPS) is 11.6. The molecule has 7 heteroatoms. The van der Waals surface area contributed by atoms with E-state index in [2.05, 4.69) is 4.98 Å². The summed E-state index contributed by atoms with van der Waals surface area (Å²) in [6.45, 7) is 0. The van der Waals surface area contributed by atoms with Crippen molar-refractivity contribution < 1.29 is 14.5 Å². The second-order valence-electron chi connectivity index (χ2n) is 5.81. The van der Waals surface area contributed by atoms with E-state index in [4.69, 9.17) is 10.5 Å². The van der Waals surface area contributed by atoms with Gasteiger partial charge in [-0.1, -0.05) is 42.5 Å². The van der Waals surface area contributed by atoms with Gasteiger partial charge in [-0.25, -0.2) is 4.79 Å². The Balaban J connectivity index is 2.10. The first kappa shape index (κ1) is 18.2. The van der Waals surface area contributed by atoms with Crippen LogP contribution in [-0.4, -0.2) is 23.0 Å². The minimum atomic E-state index is -0.861. The van der Waals surface area contributed by atoms with E-state index in [0.29, 0.717) is 16.7 Å². The molecule has 0 aliphatic carbocycles. The number of methoxy groups -OCH3 is 1. The zero-order valence-corrected chi connectivity index (χ0v) is 14.5. The van der Waals surface area contributed by atoms with Crippen LogP contribution in [0.4, 0.5) is 5.69 Å². The molecule has 7 nitrogen and oxygen atoms in total. The highest BCUT2D eigenvalue weighted by molar-refractivity contribution is 5.97. The highest BCUT2D eigenvalue weighted by atomic mass is 16.6. The first-order valence-electron chi connectivity index (χ1n) is 8.15. The molecule has 136 valence electrons. The van der Waals surface area contributed by atoms with Crippen molar-refractivity contribution >= 4 is 11.7 Å². The minimum Gasteiger partial charge on any atom is -0.465 e. The van der Waals surface area contributed by atoms with Crippen molar-refractivity contribution in [3.8, 4) is 11.1 Å². The highest BCUT2D eigenvalue weighted by Gasteiger charge is 2.24. The monoisotopic (exact) mass is 363 g/mol. The predicted molar refractivity (Wildman–Crippen MR) is 100 cm³/mol. The molecule has 0 amide bonds. The van der Waals surface area contributed by atoms with Crippen molar-refractivity contribution in [1.82, 2.24) is 4.98 Å². The molecule has 3 rings (SSSR count). The molecule has 0 aliphatic rings. The van der Waals surface area contributed by atoms with Crippen LogP contribution < -0.4 is 5.73 Å². The number of carbonyl (C=O) groups is 1. The van der Waals surface area contributed by atoms with Crippen molar-refractivity contribution in [2.75, 3.05) is 7.11 Å². The molecular weight excluding hydrogens is 346 g/mol. The van der Waals surface area contributed by atoms with Crippen molar-refractivity contribution in [2.45, 2.75) is 6.04 Å². The van der Waals surface area contributed by atoms with Crippen LogP contribution in [0.25, 0.3) is 11.1 Å². The Morgan fingerprint density at radius 3 is 2.56 bits per heavy atom. The van der Waals surface area contributed by atoms with Gasteiger partial charge in [0, 0.05) is 12.3 Å². The zero-order valence-electron chi connectivity index (χ0n) is 14.5. The number of nitrogens with two attached hydrogens (primary N) is 1. The molecule has 0 saturated carbocycles. The van der Waals surface area contributed by atoms with Crippen molar-refractivity contribution in [1.29, 1.82) is 0 Å². The smallest absolute Gasteiger partial charge is 0.338 e. The molecule has 1 heterocycles. The maximum absolute atomic E-state index is 12.3. The molecule has 0 spiro atoms. The number of ether oxygens (including phenoxy) is 1. The number of aromatic nitrogens is 1. The molecule has 1 aromatic heterocycles. The number of rotatable bonds is 5. The van der Waals surface area contributed by atoms with Crippen LogP contribution in [0.3, 0.4) is 0 Å². The highest BCUT2D eigenvalue weighted by Crippen LogP contribution is 2.31. The van der Waals surface area contributed by atoms with Gasteiger partial charge in [0.25, 0.3) is 5.69 Å². The minimum absolute atomic E-state index is 0.130. The van der Waals surface area contributed by atoms with Crippen LogP contribution in [0.15, 0.2) is 66.9 Å². The first-order chi connectivity index (χ1) is 13.0. The van der Waals surface area contributed by atoms with Gasteiger partial charge in [0.2, 0.25) is 0 Å². The third-order valence-electron chi connectivity index (χ3n) is 4.20. The third kappa shape index (κ3) is 3.68. The van der Waals surface area contributed by atoms with Crippen molar-refractivity contribution in [3.63, 3.8) is 0 Å². The van der Waals surface area contributed by atoms with E-state index < -0.39 is 16.9 Å². The van der Waals surface area contributed by atoms with Crippen molar-refractivity contribution in [3.05, 3.63) is 93.8 Å². The standard InChI is InChI=1S/C20H17N3O4/c1-27-20(24)16-12-14(9-10-15(16)13-6-3-2-4-7-13)18(21)19-17(23(25)26)8-5-11-22-19/h2-12,18H,21H2,1H3. The lowest BCUT2D eigenvalue weighted by Crippen LogP contribution is -2.16. The Hall–Kier alpha value is -3.58. The second-order valence-corrected chi connectivity index (χ2v) is 5.81. The number of nitrogens with zero attached hydrogens (tertiary/aromatic N) is 2. The van der Waals surface area contributed by atoms with Gasteiger partial charge in [-0.05, 0) is 28.8 Å². The summed E-state index contributed by atoms with van der Waals surface area (Å²) >= 11 is 0. The molecule has 27 heavy (non-hydrogen) atoms. The van der Waals surface area contributed by atoms with E-state index in [1.807, 2.05) is 30.3 Å². The summed E-state index contributed by atoms with van der Waals surface area (Å²) in [4.78, 5) is 27.1. The molecule has 0 fully saturated rings. The van der Waals surface area contributed by atoms with Crippen LogP contribution in [0, 0.1) is 10.1 Å². The largest absolute Gasteiger partial charge is 0.465 e. The fourth-order valence-electron chi connectivity index (χ4n) is 2.86. The maximum Gasteiger partial charge on any atom is 0.338 e. The number of carbonyl (C=O) groups excluding carboxylic acids is 1. The molecule has 0 saturated heterocycles. The Labute approximate surface area is 155 Å². The summed E-state index contributed by atoms with van der Waals surface area (Å²) in [6, 6.07) is 16.4. The lowest BCUT2D eigenvalue weighted by atomic mass is 9.94. The predicted octanol–water partition coefficient (Wildman–Crippen LogP) is 3.49. The number of pyridine rings is 1. The topological polar surface area (TPSA) is 108 Å². The Bertz CT molecular complexity index is 990. The van der Waals surface area contributed by atoms with Crippen LogP contribution in [0.2, 0.25) is 0 Å². The third-order valence-corrected chi connectivity index (χ3v) is 4.20. The summed E-state index contributed by atoms with van der Waals surface area (Å²) in [5.74, 6) is -0.515. The number of esters is 1. The number of nitro groups is 1. The molecule has 2 aromatic carbocycles. The zero-order chi connectivity index (χ0) is 19.4. The first-order valence-corrected chi connectivity index (χ1v) is 8.15. The quantitative estimate of drug-likeness (QED) is 0.422. The van der Waals surface area contributed by atoms with Crippen LogP contribution in [-0.2, 0) is 4.74 Å². The molecule has 1 atom stereocenters. The second kappa shape index (κ2) is 7.76. The number of hydrogen-bond acceptors (Lipinski definition) is 6. The molecule has 0 aliphatic heterocycles. The van der Waals surface area contributed by atoms with Gasteiger partial charge in [-0.2, -0.15) is 0 Å². The Kier molecular flexibility index (Phi) is 5.23. The van der Waals surface area contributed by atoms with Gasteiger partial charge >= 0.3 is 5.97 Å². The van der Waals surface area contributed by atoms with Crippen LogP contribution in [0.1, 0.15) is 27.7 Å². The van der Waals surface area contributed by atoms with E-state index in [-0.39, 0.29) is 11.4 Å². The van der Waals surface area contributed by atoms with Gasteiger partial charge in [-0.15, -0.1) is 0 Å². The summed E-state index contributed by atoms with van der Waals surface area (Å²) in [6.07, 6.45) is 1.45. The summed E-state index contributed by atoms with van der Waals surface area (Å²) in [7, 11) is 1.30. The maximum atomic E-state index is 12.3. The Morgan fingerprint density at radius 1 is 1.15 bits per heavy atom. The lowest BCUT2D eigenvalue weighted by molar-refractivity contribution is -0.386. The van der Waals surface area contributed by atoms with Crippen molar-refractivity contribution in [2.24, 2.45) is 5.73 Å². The van der Waals surface area contributed by atoms with Gasteiger partial charge in [0.05, 0.1) is 23.6 Å². The number of benzene rings is 2. The fourth-order valence-corrected chi connectivity index (χ4v) is 2.86. The summed E-state index contributed by atoms with van der Waals surface area (Å²) < 4.78 is 4.90. The number of hydrogen-bond donors (Lipinski definition) is 1. The molecular formula is C20H17N3O4. The lowest BCUT2D eigenvalue weighted by Gasteiger charge is -2.15. The van der Waals surface area contributed by atoms with E-state index >= 15 is 0 Å². The van der Waals surface area contributed by atoms with Gasteiger partial charge in [0.15, 0.2) is 0 Å². The van der Waals surface area contributed by atoms with Gasteiger partial charge in [-0.3, -0.25) is 15.1 Å². The van der Waals surface area contributed by atoms with Gasteiger partial charge < -0.3 is 10.5 Å². The SMILES string of the molecule is COC(=O)c1cc(C(N)c2ncccc2[N+](=O)[O-])ccc1-c1ccccc1. The van der Waals surface area contributed by atoms with E-state index in [1.54, 1.807) is 18.2 Å². The van der Waals surface area contributed by atoms with Crippen LogP contribution in [0.5, 0.6) is 0 Å².